The van der Waals surface area contributed by atoms with Gasteiger partial charge in [0.2, 0.25) is 5.91 Å². The van der Waals surface area contributed by atoms with E-state index in [0.717, 1.165) is 21.9 Å². The van der Waals surface area contributed by atoms with Crippen LogP contribution >= 0.6 is 22.9 Å². The van der Waals surface area contributed by atoms with Gasteiger partial charge < -0.3 is 21.3 Å². The van der Waals surface area contributed by atoms with Crippen molar-refractivity contribution in [2.45, 2.75) is 6.92 Å². The second-order valence-electron chi connectivity index (χ2n) is 6.03. The number of rotatable bonds is 8. The van der Waals surface area contributed by atoms with Crippen LogP contribution in [0.25, 0.3) is 5.70 Å². The number of nitrogens with one attached hydrogen (secondary N) is 2. The summed E-state index contributed by atoms with van der Waals surface area (Å²) in [5.41, 5.74) is 9.31. The monoisotopic (exact) mass is 418 g/mol. The molecule has 7 nitrogen and oxygen atoms in total. The number of allylic oxidation sites excluding steroid dienone is 1. The number of hydrogen-bond acceptors (Lipinski definition) is 7. The van der Waals surface area contributed by atoms with Crippen molar-refractivity contribution in [1.29, 1.82) is 0 Å². The number of alkyl halides is 1. The average molecular weight is 419 g/mol. The van der Waals surface area contributed by atoms with Gasteiger partial charge in [-0.25, -0.2) is 9.98 Å². The van der Waals surface area contributed by atoms with Gasteiger partial charge in [0, 0.05) is 31.7 Å². The molecule has 0 aliphatic rings. The van der Waals surface area contributed by atoms with Crippen LogP contribution in [-0.2, 0) is 4.79 Å². The molecule has 4 N–H and O–H groups in total. The van der Waals surface area contributed by atoms with Gasteiger partial charge in [-0.05, 0) is 37.3 Å². The largest absolute Gasteiger partial charge is 0.397 e. The first kappa shape index (κ1) is 21.5. The quantitative estimate of drug-likeness (QED) is 0.449. The summed E-state index contributed by atoms with van der Waals surface area (Å²) in [6, 6.07) is 7.92. The Labute approximate surface area is 173 Å². The summed E-state index contributed by atoms with van der Waals surface area (Å²) in [6.07, 6.45) is 3.23. The topological polar surface area (TPSA) is 95.6 Å². The van der Waals surface area contributed by atoms with Crippen molar-refractivity contribution < 1.29 is 4.79 Å². The van der Waals surface area contributed by atoms with E-state index in [-0.39, 0.29) is 11.8 Å². The number of nitrogens with two attached hydrogens (primary N) is 1. The third-order valence-electron chi connectivity index (χ3n) is 3.58. The normalized spacial score (nSPS) is 11.5. The van der Waals surface area contributed by atoms with Crippen LogP contribution < -0.4 is 21.3 Å². The number of benzene rings is 1. The number of aromatic nitrogens is 1. The van der Waals surface area contributed by atoms with Crippen molar-refractivity contribution in [2.75, 3.05) is 35.5 Å². The van der Waals surface area contributed by atoms with Crippen molar-refractivity contribution >= 4 is 57.3 Å². The maximum atomic E-state index is 11.4. The lowest BCUT2D eigenvalue weighted by atomic mass is 10.2. The van der Waals surface area contributed by atoms with Crippen LogP contribution in [0.5, 0.6) is 0 Å². The lowest BCUT2D eigenvalue weighted by Crippen LogP contribution is -2.12. The molecular weight excluding hydrogens is 396 g/mol. The van der Waals surface area contributed by atoms with Gasteiger partial charge in [-0.2, -0.15) is 0 Å². The van der Waals surface area contributed by atoms with Crippen LogP contribution in [0.4, 0.5) is 16.5 Å². The molecule has 0 aliphatic heterocycles. The van der Waals surface area contributed by atoms with E-state index in [9.17, 15) is 4.79 Å². The van der Waals surface area contributed by atoms with Crippen LogP contribution in [0.2, 0.25) is 0 Å². The molecule has 0 spiro atoms. The van der Waals surface area contributed by atoms with E-state index in [0.29, 0.717) is 16.6 Å². The lowest BCUT2D eigenvalue weighted by Gasteiger charge is -2.13. The molecule has 9 heteroatoms. The van der Waals surface area contributed by atoms with Crippen LogP contribution in [-0.4, -0.2) is 37.1 Å². The average Bonchev–Trinajstić information content (AvgIpc) is 3.02. The van der Waals surface area contributed by atoms with Crippen LogP contribution in [0, 0.1) is 6.92 Å². The molecule has 0 saturated carbocycles. The van der Waals surface area contributed by atoms with Gasteiger partial charge in [0.25, 0.3) is 0 Å². The Bertz CT molecular complexity index is 902. The van der Waals surface area contributed by atoms with Crippen molar-refractivity contribution in [1.82, 2.24) is 4.98 Å². The van der Waals surface area contributed by atoms with Gasteiger partial charge in [-0.15, -0.1) is 11.6 Å². The van der Waals surface area contributed by atoms with Crippen LogP contribution in [0.3, 0.4) is 0 Å². The fraction of sp³-hybridized carbons (Fsp3) is 0.211. The standard InChI is InChI=1S/C19H23ClN6OS/c1-12-18(28-19(23-12)25-17(27)11-20)16(21)9-10-22-13(2)24-14-5-7-15(8-6-14)26(3)4/h5-10,24H,2,11,21H2,1,3-4H3,(H,23,25,27)/b16-9-,22-10?. The summed E-state index contributed by atoms with van der Waals surface area (Å²) in [4.78, 5) is 22.7. The highest BCUT2D eigenvalue weighted by Gasteiger charge is 2.11. The van der Waals surface area contributed by atoms with Crippen molar-refractivity contribution in [3.63, 3.8) is 0 Å². The van der Waals surface area contributed by atoms with Crippen molar-refractivity contribution in [3.8, 4) is 0 Å². The SMILES string of the molecule is C=C(N=C/C=C(\N)c1sc(NC(=O)CCl)nc1C)Nc1ccc(N(C)C)cc1. The van der Waals surface area contributed by atoms with Gasteiger partial charge in [-0.3, -0.25) is 4.79 Å². The summed E-state index contributed by atoms with van der Waals surface area (Å²) in [5, 5.41) is 6.18. The number of aliphatic imine (C=N–C) groups is 1. The van der Waals surface area contributed by atoms with E-state index in [2.05, 4.69) is 27.2 Å². The Balaban J connectivity index is 1.98. The first-order chi connectivity index (χ1) is 13.3. The molecule has 0 radical (unpaired) electrons. The predicted molar refractivity (Wildman–Crippen MR) is 120 cm³/mol. The zero-order valence-electron chi connectivity index (χ0n) is 16.0. The van der Waals surface area contributed by atoms with E-state index in [1.54, 1.807) is 12.3 Å². The number of halogens is 1. The molecule has 2 rings (SSSR count). The maximum absolute atomic E-state index is 11.4. The number of aryl methyl sites for hydroxylation is 1. The minimum atomic E-state index is -0.313. The van der Waals surface area contributed by atoms with Gasteiger partial charge >= 0.3 is 0 Å². The Kier molecular flexibility index (Phi) is 7.60. The molecular formula is C19H23ClN6OS. The van der Waals surface area contributed by atoms with Crippen molar-refractivity contribution in [2.24, 2.45) is 10.7 Å². The predicted octanol–water partition coefficient (Wildman–Crippen LogP) is 3.65. The van der Waals surface area contributed by atoms with Gasteiger partial charge in [0.15, 0.2) is 5.13 Å². The first-order valence-corrected chi connectivity index (χ1v) is 9.72. The Morgan fingerprint density at radius 3 is 2.64 bits per heavy atom. The number of hydrogen-bond donors (Lipinski definition) is 3. The number of carbonyl (C=O) groups is 1. The van der Waals surface area contributed by atoms with Gasteiger partial charge in [-0.1, -0.05) is 17.9 Å². The summed E-state index contributed by atoms with van der Waals surface area (Å²) >= 11 is 6.76. The molecule has 0 bridgehead atoms. The number of anilines is 3. The minimum absolute atomic E-state index is 0.126. The van der Waals surface area contributed by atoms with E-state index >= 15 is 0 Å². The number of carbonyl (C=O) groups excluding carboxylic acids is 1. The number of nitrogens with zero attached hydrogens (tertiary/aromatic N) is 3. The second-order valence-corrected chi connectivity index (χ2v) is 7.29. The Morgan fingerprint density at radius 1 is 1.36 bits per heavy atom. The molecule has 1 heterocycles. The van der Waals surface area contributed by atoms with Gasteiger partial charge in [0.1, 0.15) is 11.7 Å². The molecule has 1 amide bonds. The van der Waals surface area contributed by atoms with E-state index < -0.39 is 0 Å². The maximum Gasteiger partial charge on any atom is 0.241 e. The fourth-order valence-electron chi connectivity index (χ4n) is 2.20. The third kappa shape index (κ3) is 6.11. The van der Waals surface area contributed by atoms with Crippen LogP contribution in [0.1, 0.15) is 10.6 Å². The molecule has 0 aliphatic carbocycles. The van der Waals surface area contributed by atoms with E-state index in [4.69, 9.17) is 17.3 Å². The Hall–Kier alpha value is -2.84. The minimum Gasteiger partial charge on any atom is -0.397 e. The molecule has 1 aromatic carbocycles. The highest BCUT2D eigenvalue weighted by molar-refractivity contribution is 7.17. The molecule has 0 fully saturated rings. The molecule has 148 valence electrons. The highest BCUT2D eigenvalue weighted by Crippen LogP contribution is 2.26. The molecule has 1 aromatic heterocycles. The zero-order valence-corrected chi connectivity index (χ0v) is 17.6. The lowest BCUT2D eigenvalue weighted by molar-refractivity contribution is -0.113. The van der Waals surface area contributed by atoms with Crippen molar-refractivity contribution in [3.05, 3.63) is 53.3 Å². The molecule has 0 atom stereocenters. The molecule has 2 aromatic rings. The third-order valence-corrected chi connectivity index (χ3v) is 4.95. The van der Waals surface area contributed by atoms with Gasteiger partial charge in [0.05, 0.1) is 16.3 Å². The smallest absolute Gasteiger partial charge is 0.241 e. The molecule has 0 saturated heterocycles. The number of thiazole rings is 1. The fourth-order valence-corrected chi connectivity index (χ4v) is 3.18. The highest BCUT2D eigenvalue weighted by atomic mass is 35.5. The molecule has 28 heavy (non-hydrogen) atoms. The summed E-state index contributed by atoms with van der Waals surface area (Å²) < 4.78 is 0. The van der Waals surface area contributed by atoms with E-state index in [1.807, 2.05) is 50.2 Å². The summed E-state index contributed by atoms with van der Waals surface area (Å²) in [5.74, 6) is 0.0451. The summed E-state index contributed by atoms with van der Waals surface area (Å²) in [7, 11) is 3.98. The Morgan fingerprint density at radius 2 is 2.04 bits per heavy atom. The van der Waals surface area contributed by atoms with E-state index in [1.165, 1.54) is 11.3 Å². The van der Waals surface area contributed by atoms with Crippen LogP contribution in [0.15, 0.2) is 47.7 Å². The molecule has 0 unspecified atom stereocenters. The summed E-state index contributed by atoms with van der Waals surface area (Å²) in [6.45, 7) is 5.70. The first-order valence-electron chi connectivity index (χ1n) is 8.37. The number of amides is 1. The zero-order chi connectivity index (χ0) is 20.7. The second kappa shape index (κ2) is 9.91.